The zero-order chi connectivity index (χ0) is 26.0. The molecule has 4 aromatic rings. The molecule has 0 aliphatic carbocycles. The van der Waals surface area contributed by atoms with E-state index in [1.165, 1.54) is 24.3 Å². The van der Waals surface area contributed by atoms with Crippen LogP contribution in [-0.4, -0.2) is 29.0 Å². The van der Waals surface area contributed by atoms with Crippen molar-refractivity contribution in [2.24, 2.45) is 5.73 Å². The molecule has 0 bridgehead atoms. The molecule has 0 radical (unpaired) electrons. The van der Waals surface area contributed by atoms with Crippen molar-refractivity contribution >= 4 is 21.4 Å². The number of hydrogen-bond acceptors (Lipinski definition) is 6. The Morgan fingerprint density at radius 2 is 1.67 bits per heavy atom. The number of benzene rings is 3. The van der Waals surface area contributed by atoms with Gasteiger partial charge in [0.05, 0.1) is 22.2 Å². The topological polar surface area (TPSA) is 117 Å². The highest BCUT2D eigenvalue weighted by Gasteiger charge is 2.23. The molecule has 0 aliphatic rings. The van der Waals surface area contributed by atoms with Crippen molar-refractivity contribution in [1.29, 1.82) is 0 Å². The van der Waals surface area contributed by atoms with E-state index in [0.29, 0.717) is 0 Å². The molecular formula is C25H22ClFN4O4S. The lowest BCUT2D eigenvalue weighted by molar-refractivity contribution is 0.469. The van der Waals surface area contributed by atoms with Crippen molar-refractivity contribution in [3.8, 4) is 5.69 Å². The Balaban J connectivity index is 1.93. The van der Waals surface area contributed by atoms with Gasteiger partial charge in [-0.15, -0.1) is 0 Å². The third-order valence-electron chi connectivity index (χ3n) is 5.61. The van der Waals surface area contributed by atoms with Gasteiger partial charge in [-0.1, -0.05) is 60.1 Å². The second-order valence-electron chi connectivity index (χ2n) is 8.19. The predicted octanol–water partition coefficient (Wildman–Crippen LogP) is 2.88. The first-order chi connectivity index (χ1) is 17.1. The third kappa shape index (κ3) is 5.15. The number of hydrogen-bond donors (Lipinski definition) is 1. The molecule has 0 fully saturated rings. The van der Waals surface area contributed by atoms with E-state index in [4.69, 9.17) is 17.3 Å². The number of halogens is 2. The molecule has 0 spiro atoms. The molecule has 186 valence electrons. The lowest BCUT2D eigenvalue weighted by Crippen LogP contribution is -2.44. The molecule has 0 saturated heterocycles. The van der Waals surface area contributed by atoms with Crippen LogP contribution in [0.1, 0.15) is 22.9 Å². The molecule has 1 heterocycles. The molecular weight excluding hydrogens is 507 g/mol. The smallest absolute Gasteiger partial charge is 0.322 e. The van der Waals surface area contributed by atoms with E-state index in [-0.39, 0.29) is 33.4 Å². The van der Waals surface area contributed by atoms with E-state index in [0.717, 1.165) is 27.1 Å². The monoisotopic (exact) mass is 528 g/mol. The van der Waals surface area contributed by atoms with Gasteiger partial charge in [0, 0.05) is 24.3 Å². The molecule has 0 amide bonds. The van der Waals surface area contributed by atoms with Crippen LogP contribution in [0, 0.1) is 5.82 Å². The average molecular weight is 529 g/mol. The summed E-state index contributed by atoms with van der Waals surface area (Å²) in [7, 11) is -3.82. The number of sulfone groups is 1. The van der Waals surface area contributed by atoms with Gasteiger partial charge in [0.1, 0.15) is 11.5 Å². The Morgan fingerprint density at radius 1 is 1.00 bits per heavy atom. The Hall–Kier alpha value is -3.60. The van der Waals surface area contributed by atoms with E-state index in [9.17, 15) is 22.4 Å². The van der Waals surface area contributed by atoms with Crippen LogP contribution < -0.4 is 17.0 Å². The fourth-order valence-electron chi connectivity index (χ4n) is 3.86. The molecule has 36 heavy (non-hydrogen) atoms. The van der Waals surface area contributed by atoms with E-state index in [2.05, 4.69) is 5.10 Å². The van der Waals surface area contributed by atoms with Crippen LogP contribution >= 0.6 is 11.6 Å². The highest BCUT2D eigenvalue weighted by molar-refractivity contribution is 7.90. The van der Waals surface area contributed by atoms with Gasteiger partial charge in [-0.2, -0.15) is 5.10 Å². The summed E-state index contributed by atoms with van der Waals surface area (Å²) < 4.78 is 41.2. The second-order valence-corrected chi connectivity index (χ2v) is 10.6. The molecule has 8 nitrogen and oxygen atoms in total. The van der Waals surface area contributed by atoms with Crippen LogP contribution in [0.2, 0.25) is 5.02 Å². The van der Waals surface area contributed by atoms with Crippen LogP contribution in [0.25, 0.3) is 5.69 Å². The zero-order valence-corrected chi connectivity index (χ0v) is 20.7. The number of nitrogens with two attached hydrogens (primary N) is 1. The standard InChI is InChI=1S/C25H22ClFN4O4S/c1-36(34,35)23-13-7-11-19(27)17(23)14-21-24(32)31(22-12-6-5-10-18(22)26)25(33)30(29-21)15-20(28)16-8-3-2-4-9-16/h2-13,20H,14-15,28H2,1H3. The maximum atomic E-state index is 14.8. The van der Waals surface area contributed by atoms with E-state index in [1.54, 1.807) is 36.4 Å². The van der Waals surface area contributed by atoms with Crippen molar-refractivity contribution in [2.45, 2.75) is 23.9 Å². The zero-order valence-electron chi connectivity index (χ0n) is 19.1. The number of rotatable bonds is 7. The minimum absolute atomic E-state index is 0.100. The van der Waals surface area contributed by atoms with Gasteiger partial charge in [0.2, 0.25) is 0 Å². The number of nitrogens with zero attached hydrogens (tertiary/aromatic N) is 3. The van der Waals surface area contributed by atoms with Crippen LogP contribution in [0.5, 0.6) is 0 Å². The van der Waals surface area contributed by atoms with Crippen LogP contribution in [0.15, 0.2) is 87.3 Å². The summed E-state index contributed by atoms with van der Waals surface area (Å²) in [6, 6.07) is 18.2. The van der Waals surface area contributed by atoms with Crippen molar-refractivity contribution in [3.63, 3.8) is 0 Å². The fourth-order valence-corrected chi connectivity index (χ4v) is 5.02. The summed E-state index contributed by atoms with van der Waals surface area (Å²) in [5.41, 5.74) is 5.04. The highest BCUT2D eigenvalue weighted by atomic mass is 35.5. The minimum atomic E-state index is -3.82. The molecule has 11 heteroatoms. The fraction of sp³-hybridized carbons (Fsp3) is 0.160. The Bertz CT molecular complexity index is 1650. The summed E-state index contributed by atoms with van der Waals surface area (Å²) in [5, 5.41) is 4.33. The largest absolute Gasteiger partial charge is 0.352 e. The summed E-state index contributed by atoms with van der Waals surface area (Å²) in [5.74, 6) is -0.817. The first-order valence-corrected chi connectivity index (χ1v) is 13.1. The molecule has 1 atom stereocenters. The Morgan fingerprint density at radius 3 is 2.33 bits per heavy atom. The number of aromatic nitrogens is 3. The molecule has 0 aliphatic heterocycles. The quantitative estimate of drug-likeness (QED) is 0.394. The molecule has 3 aromatic carbocycles. The molecule has 2 N–H and O–H groups in total. The molecule has 1 unspecified atom stereocenters. The maximum Gasteiger partial charge on any atom is 0.352 e. The van der Waals surface area contributed by atoms with Crippen LogP contribution in [-0.2, 0) is 22.8 Å². The van der Waals surface area contributed by atoms with E-state index < -0.39 is 39.4 Å². The van der Waals surface area contributed by atoms with Gasteiger partial charge >= 0.3 is 5.69 Å². The Kier molecular flexibility index (Phi) is 7.21. The second kappa shape index (κ2) is 10.2. The SMILES string of the molecule is CS(=O)(=O)c1cccc(F)c1Cc1nn(CC(N)c2ccccc2)c(=O)n(-c2ccccc2Cl)c1=O. The lowest BCUT2D eigenvalue weighted by Gasteiger charge is -2.17. The van der Waals surface area contributed by atoms with Gasteiger partial charge in [-0.25, -0.2) is 26.9 Å². The third-order valence-corrected chi connectivity index (χ3v) is 7.11. The predicted molar refractivity (Wildman–Crippen MR) is 135 cm³/mol. The first-order valence-electron chi connectivity index (χ1n) is 10.8. The molecule has 1 aromatic heterocycles. The summed E-state index contributed by atoms with van der Waals surface area (Å²) in [4.78, 5) is 26.6. The van der Waals surface area contributed by atoms with Crippen LogP contribution in [0.4, 0.5) is 4.39 Å². The first kappa shape index (κ1) is 25.5. The van der Waals surface area contributed by atoms with Gasteiger partial charge in [0.25, 0.3) is 5.56 Å². The van der Waals surface area contributed by atoms with Crippen molar-refractivity contribution in [1.82, 2.24) is 14.3 Å². The van der Waals surface area contributed by atoms with Gasteiger partial charge in [0.15, 0.2) is 9.84 Å². The summed E-state index contributed by atoms with van der Waals surface area (Å²) in [6.07, 6.45) is 0.472. The van der Waals surface area contributed by atoms with Gasteiger partial charge < -0.3 is 5.73 Å². The Labute approximate surface area is 211 Å². The average Bonchev–Trinajstić information content (AvgIpc) is 2.84. The maximum absolute atomic E-state index is 14.8. The van der Waals surface area contributed by atoms with Crippen molar-refractivity contribution in [3.05, 3.63) is 121 Å². The van der Waals surface area contributed by atoms with Crippen molar-refractivity contribution < 1.29 is 12.8 Å². The van der Waals surface area contributed by atoms with Gasteiger partial charge in [-0.05, 0) is 29.8 Å². The molecule has 4 rings (SSSR count). The summed E-state index contributed by atoms with van der Waals surface area (Å²) in [6.45, 7) is -0.100. The van der Waals surface area contributed by atoms with E-state index >= 15 is 0 Å². The molecule has 0 saturated carbocycles. The van der Waals surface area contributed by atoms with Crippen molar-refractivity contribution in [2.75, 3.05) is 6.26 Å². The summed E-state index contributed by atoms with van der Waals surface area (Å²) >= 11 is 6.29. The normalized spacial score (nSPS) is 12.4. The van der Waals surface area contributed by atoms with Gasteiger partial charge in [-0.3, -0.25) is 4.79 Å². The number of para-hydroxylation sites is 1. The lowest BCUT2D eigenvalue weighted by atomic mass is 10.1. The van der Waals surface area contributed by atoms with E-state index in [1.807, 2.05) is 6.07 Å². The van der Waals surface area contributed by atoms with Crippen LogP contribution in [0.3, 0.4) is 0 Å². The minimum Gasteiger partial charge on any atom is -0.322 e. The highest BCUT2D eigenvalue weighted by Crippen LogP contribution is 2.22.